The predicted octanol–water partition coefficient (Wildman–Crippen LogP) is 6.60. The van der Waals surface area contributed by atoms with Gasteiger partial charge >= 0.3 is 0 Å². The average molecular weight is 513 g/mol. The molecule has 0 bridgehead atoms. The highest BCUT2D eigenvalue weighted by Crippen LogP contribution is 2.27. The number of hydrogen-bond donors (Lipinski definition) is 1. The van der Waals surface area contributed by atoms with Crippen LogP contribution in [-0.2, 0) is 13.2 Å². The van der Waals surface area contributed by atoms with Crippen LogP contribution in [0.5, 0.6) is 5.75 Å². The van der Waals surface area contributed by atoms with Gasteiger partial charge in [-0.3, -0.25) is 9.48 Å². The fourth-order valence-corrected chi connectivity index (χ4v) is 4.25. The van der Waals surface area contributed by atoms with E-state index in [-0.39, 0.29) is 12.3 Å². The lowest BCUT2D eigenvalue weighted by Gasteiger charge is -2.11. The molecule has 0 saturated heterocycles. The molecule has 2 aromatic carbocycles. The Labute approximate surface area is 214 Å². The van der Waals surface area contributed by atoms with Crippen molar-refractivity contribution in [2.24, 2.45) is 0 Å². The van der Waals surface area contributed by atoms with Crippen LogP contribution in [0.25, 0.3) is 0 Å². The van der Waals surface area contributed by atoms with Gasteiger partial charge in [0.1, 0.15) is 18.1 Å². The maximum atomic E-state index is 13.2. The van der Waals surface area contributed by atoms with Crippen LogP contribution in [0.4, 0.5) is 5.69 Å². The van der Waals surface area contributed by atoms with E-state index in [9.17, 15) is 4.79 Å². The molecule has 35 heavy (non-hydrogen) atoms. The third-order valence-electron chi connectivity index (χ3n) is 6.08. The smallest absolute Gasteiger partial charge is 0.278 e. The van der Waals surface area contributed by atoms with Crippen molar-refractivity contribution in [3.8, 4) is 5.75 Å². The molecule has 0 unspecified atom stereocenters. The molecule has 182 valence electrons. The van der Waals surface area contributed by atoms with E-state index in [0.717, 1.165) is 28.1 Å². The number of amides is 1. The summed E-state index contributed by atoms with van der Waals surface area (Å²) in [4.78, 5) is 13.2. The van der Waals surface area contributed by atoms with E-state index < -0.39 is 5.91 Å². The Kier molecular flexibility index (Phi) is 7.19. The minimum absolute atomic E-state index is 0.161. The van der Waals surface area contributed by atoms with E-state index in [1.807, 2.05) is 52.0 Å². The summed E-state index contributed by atoms with van der Waals surface area (Å²) in [5, 5.41) is 12.6. The number of hydrogen-bond acceptors (Lipinski definition) is 5. The molecule has 0 saturated carbocycles. The first-order valence-corrected chi connectivity index (χ1v) is 11.8. The van der Waals surface area contributed by atoms with Crippen LogP contribution in [-0.4, -0.2) is 20.8 Å². The summed E-state index contributed by atoms with van der Waals surface area (Å²) in [6.45, 7) is 10.1. The van der Waals surface area contributed by atoms with Gasteiger partial charge in [0.15, 0.2) is 5.69 Å². The largest absolute Gasteiger partial charge is 0.488 e. The SMILES string of the molecule is Cc1cccc(OCc2c(C(=O)Nc3c(C)nn(Cc4ccc(Cl)cc4Cl)c3C)noc2C)c1C. The van der Waals surface area contributed by atoms with E-state index in [4.69, 9.17) is 32.5 Å². The van der Waals surface area contributed by atoms with Crippen LogP contribution >= 0.6 is 23.2 Å². The Balaban J connectivity index is 1.53. The molecule has 4 aromatic rings. The fraction of sp³-hybridized carbons (Fsp3) is 0.269. The molecule has 0 spiro atoms. The lowest BCUT2D eigenvalue weighted by atomic mass is 10.1. The first-order chi connectivity index (χ1) is 16.7. The van der Waals surface area contributed by atoms with Gasteiger partial charge in [0.25, 0.3) is 5.91 Å². The number of carbonyl (C=O) groups is 1. The molecular weight excluding hydrogens is 487 g/mol. The number of rotatable bonds is 7. The van der Waals surface area contributed by atoms with Crippen LogP contribution in [0.3, 0.4) is 0 Å². The summed E-state index contributed by atoms with van der Waals surface area (Å²) in [5.41, 5.74) is 5.90. The second-order valence-corrected chi connectivity index (χ2v) is 9.29. The van der Waals surface area contributed by atoms with Gasteiger partial charge in [-0.1, -0.05) is 46.6 Å². The molecule has 0 aliphatic carbocycles. The number of anilines is 1. The summed E-state index contributed by atoms with van der Waals surface area (Å²) < 4.78 is 13.1. The van der Waals surface area contributed by atoms with E-state index in [1.54, 1.807) is 23.7 Å². The third kappa shape index (κ3) is 5.21. The van der Waals surface area contributed by atoms with E-state index in [0.29, 0.717) is 39.3 Å². The predicted molar refractivity (Wildman–Crippen MR) is 137 cm³/mol. The van der Waals surface area contributed by atoms with E-state index in [2.05, 4.69) is 15.6 Å². The first kappa shape index (κ1) is 24.8. The monoisotopic (exact) mass is 512 g/mol. The number of nitrogens with zero attached hydrogens (tertiary/aromatic N) is 3. The van der Waals surface area contributed by atoms with Gasteiger partial charge in [-0.2, -0.15) is 5.10 Å². The zero-order chi connectivity index (χ0) is 25.3. The molecular formula is C26H26Cl2N4O3. The second-order valence-electron chi connectivity index (χ2n) is 8.45. The molecule has 9 heteroatoms. The molecule has 2 heterocycles. The maximum Gasteiger partial charge on any atom is 0.278 e. The topological polar surface area (TPSA) is 82.2 Å². The number of nitrogens with one attached hydrogen (secondary N) is 1. The van der Waals surface area contributed by atoms with Crippen LogP contribution in [0.2, 0.25) is 10.0 Å². The molecule has 0 radical (unpaired) electrons. The van der Waals surface area contributed by atoms with Crippen molar-refractivity contribution in [1.29, 1.82) is 0 Å². The average Bonchev–Trinajstić information content (AvgIpc) is 3.30. The maximum absolute atomic E-state index is 13.2. The highest BCUT2D eigenvalue weighted by atomic mass is 35.5. The van der Waals surface area contributed by atoms with Gasteiger partial charge < -0.3 is 14.6 Å². The highest BCUT2D eigenvalue weighted by molar-refractivity contribution is 6.35. The number of carbonyl (C=O) groups excluding carboxylic acids is 1. The summed E-state index contributed by atoms with van der Waals surface area (Å²) in [5.74, 6) is 0.893. The van der Waals surface area contributed by atoms with Gasteiger partial charge in [-0.25, -0.2) is 0 Å². The standard InChI is InChI=1S/C26H26Cl2N4O3/c1-14-7-6-8-23(15(14)2)34-13-21-18(5)35-31-25(21)26(33)29-24-16(3)30-32(17(24)4)12-19-9-10-20(27)11-22(19)28/h6-11H,12-13H2,1-5H3,(H,29,33). The number of ether oxygens (including phenoxy) is 1. The van der Waals surface area contributed by atoms with Crippen molar-refractivity contribution in [3.05, 3.63) is 91.5 Å². The minimum Gasteiger partial charge on any atom is -0.488 e. The number of benzene rings is 2. The molecule has 0 fully saturated rings. The van der Waals surface area contributed by atoms with Crippen molar-refractivity contribution < 1.29 is 14.1 Å². The van der Waals surface area contributed by atoms with Gasteiger partial charge in [-0.05, 0) is 69.5 Å². The fourth-order valence-electron chi connectivity index (χ4n) is 3.79. The Morgan fingerprint density at radius 2 is 1.89 bits per heavy atom. The normalized spacial score (nSPS) is 11.1. The summed E-state index contributed by atoms with van der Waals surface area (Å²) >= 11 is 12.3. The Bertz CT molecular complexity index is 1410. The molecule has 1 amide bonds. The van der Waals surface area contributed by atoms with Crippen molar-refractivity contribution >= 4 is 34.8 Å². The minimum atomic E-state index is -0.392. The Hall–Kier alpha value is -3.29. The van der Waals surface area contributed by atoms with Crippen LogP contribution < -0.4 is 10.1 Å². The number of aromatic nitrogens is 3. The lowest BCUT2D eigenvalue weighted by molar-refractivity contribution is 0.101. The van der Waals surface area contributed by atoms with Crippen molar-refractivity contribution in [3.63, 3.8) is 0 Å². The molecule has 7 nitrogen and oxygen atoms in total. The van der Waals surface area contributed by atoms with E-state index in [1.165, 1.54) is 0 Å². The quantitative estimate of drug-likeness (QED) is 0.301. The lowest BCUT2D eigenvalue weighted by Crippen LogP contribution is -2.16. The molecule has 0 aliphatic rings. The summed E-state index contributed by atoms with van der Waals surface area (Å²) in [7, 11) is 0. The molecule has 0 atom stereocenters. The Morgan fingerprint density at radius 3 is 2.63 bits per heavy atom. The van der Waals surface area contributed by atoms with Gasteiger partial charge in [0.2, 0.25) is 0 Å². The van der Waals surface area contributed by atoms with Crippen LogP contribution in [0.1, 0.15) is 49.9 Å². The number of halogens is 2. The molecule has 4 rings (SSSR count). The van der Waals surface area contributed by atoms with E-state index >= 15 is 0 Å². The zero-order valence-electron chi connectivity index (χ0n) is 20.2. The molecule has 2 aromatic heterocycles. The van der Waals surface area contributed by atoms with Crippen molar-refractivity contribution in [2.75, 3.05) is 5.32 Å². The van der Waals surface area contributed by atoms with Gasteiger partial charge in [0.05, 0.1) is 29.2 Å². The summed E-state index contributed by atoms with van der Waals surface area (Å²) in [6.07, 6.45) is 0. The third-order valence-corrected chi connectivity index (χ3v) is 6.67. The second kappa shape index (κ2) is 10.1. The number of aryl methyl sites for hydroxylation is 3. The van der Waals surface area contributed by atoms with Gasteiger partial charge in [0, 0.05) is 10.0 Å². The van der Waals surface area contributed by atoms with Gasteiger partial charge in [-0.15, -0.1) is 0 Å². The van der Waals surface area contributed by atoms with Crippen LogP contribution in [0.15, 0.2) is 40.9 Å². The Morgan fingerprint density at radius 1 is 1.11 bits per heavy atom. The van der Waals surface area contributed by atoms with Crippen LogP contribution in [0, 0.1) is 34.6 Å². The first-order valence-electron chi connectivity index (χ1n) is 11.1. The highest BCUT2D eigenvalue weighted by Gasteiger charge is 2.23. The molecule has 0 aliphatic heterocycles. The summed E-state index contributed by atoms with van der Waals surface area (Å²) in [6, 6.07) is 11.2. The molecule has 1 N–H and O–H groups in total. The van der Waals surface area contributed by atoms with Crippen molar-refractivity contribution in [1.82, 2.24) is 14.9 Å². The van der Waals surface area contributed by atoms with Crippen molar-refractivity contribution in [2.45, 2.75) is 47.8 Å². The zero-order valence-corrected chi connectivity index (χ0v) is 21.7.